The van der Waals surface area contributed by atoms with Gasteiger partial charge in [-0.3, -0.25) is 0 Å². The van der Waals surface area contributed by atoms with E-state index >= 15 is 0 Å². The molecule has 3 aromatic rings. The van der Waals surface area contributed by atoms with Crippen molar-refractivity contribution in [1.29, 1.82) is 0 Å². The van der Waals surface area contributed by atoms with Crippen LogP contribution in [0.2, 0.25) is 0 Å². The van der Waals surface area contributed by atoms with E-state index in [0.29, 0.717) is 12.4 Å². The van der Waals surface area contributed by atoms with E-state index in [-0.39, 0.29) is 0 Å². The maximum Gasteiger partial charge on any atom is 0.122 e. The summed E-state index contributed by atoms with van der Waals surface area (Å²) >= 11 is 3.44. The van der Waals surface area contributed by atoms with Crippen LogP contribution in [0.5, 0.6) is 0 Å². The monoisotopic (exact) mass is 341 g/mol. The summed E-state index contributed by atoms with van der Waals surface area (Å²) in [5, 5.41) is 4.64. The van der Waals surface area contributed by atoms with E-state index in [9.17, 15) is 0 Å². The first-order valence-electron chi connectivity index (χ1n) is 6.77. The number of rotatable bonds is 3. The van der Waals surface area contributed by atoms with Gasteiger partial charge in [0.1, 0.15) is 5.82 Å². The van der Waals surface area contributed by atoms with Crippen LogP contribution in [0.25, 0.3) is 11.3 Å². The molecule has 0 aliphatic rings. The van der Waals surface area contributed by atoms with E-state index < -0.39 is 0 Å². The molecule has 0 bridgehead atoms. The number of benzene rings is 2. The summed E-state index contributed by atoms with van der Waals surface area (Å²) in [6.07, 6.45) is 0. The molecule has 0 unspecified atom stereocenters. The highest BCUT2D eigenvalue weighted by atomic mass is 79.9. The molecule has 2 aromatic carbocycles. The summed E-state index contributed by atoms with van der Waals surface area (Å²) in [7, 11) is 0. The Labute approximate surface area is 132 Å². The molecule has 1 aromatic heterocycles. The average molecular weight is 342 g/mol. The molecular weight excluding hydrogens is 326 g/mol. The van der Waals surface area contributed by atoms with Gasteiger partial charge in [-0.05, 0) is 30.2 Å². The molecular formula is C17H16BrN3. The molecule has 0 saturated heterocycles. The number of nitrogens with two attached hydrogens (primary N) is 1. The Morgan fingerprint density at radius 2 is 1.81 bits per heavy atom. The molecule has 0 aliphatic carbocycles. The van der Waals surface area contributed by atoms with E-state index in [1.807, 2.05) is 35.0 Å². The van der Waals surface area contributed by atoms with Gasteiger partial charge in [-0.25, -0.2) is 4.68 Å². The summed E-state index contributed by atoms with van der Waals surface area (Å²) in [5.74, 6) is 0.677. The van der Waals surface area contributed by atoms with Crippen molar-refractivity contribution >= 4 is 21.7 Å². The lowest BCUT2D eigenvalue weighted by Gasteiger charge is -2.05. The van der Waals surface area contributed by atoms with Gasteiger partial charge < -0.3 is 5.73 Å². The molecule has 21 heavy (non-hydrogen) atoms. The molecule has 3 nitrogen and oxygen atoms in total. The van der Waals surface area contributed by atoms with Crippen molar-refractivity contribution in [2.24, 2.45) is 0 Å². The maximum atomic E-state index is 6.10. The number of hydrogen-bond donors (Lipinski definition) is 1. The van der Waals surface area contributed by atoms with Gasteiger partial charge in [0.25, 0.3) is 0 Å². The minimum atomic E-state index is 0.672. The maximum absolute atomic E-state index is 6.10. The van der Waals surface area contributed by atoms with Crippen LogP contribution in [0.4, 0.5) is 5.82 Å². The van der Waals surface area contributed by atoms with Gasteiger partial charge in [-0.1, -0.05) is 52.3 Å². The lowest BCUT2D eigenvalue weighted by Crippen LogP contribution is -2.05. The number of aromatic nitrogens is 2. The fourth-order valence-corrected chi connectivity index (χ4v) is 2.58. The minimum absolute atomic E-state index is 0.672. The van der Waals surface area contributed by atoms with Crippen LogP contribution in [0.1, 0.15) is 11.1 Å². The topological polar surface area (TPSA) is 43.8 Å². The zero-order valence-electron chi connectivity index (χ0n) is 11.8. The minimum Gasteiger partial charge on any atom is -0.384 e. The molecule has 0 radical (unpaired) electrons. The third kappa shape index (κ3) is 3.00. The number of hydrogen-bond acceptors (Lipinski definition) is 2. The van der Waals surface area contributed by atoms with E-state index in [2.05, 4.69) is 52.2 Å². The SMILES string of the molecule is Cc1ccccc1-c1cc(N)n(Cc2ccc(Br)cc2)n1. The zero-order valence-corrected chi connectivity index (χ0v) is 13.3. The number of aryl methyl sites for hydroxylation is 1. The zero-order chi connectivity index (χ0) is 14.8. The summed E-state index contributed by atoms with van der Waals surface area (Å²) in [6.45, 7) is 2.75. The van der Waals surface area contributed by atoms with Crippen molar-refractivity contribution in [3.05, 3.63) is 70.2 Å². The van der Waals surface area contributed by atoms with Crippen molar-refractivity contribution in [2.45, 2.75) is 13.5 Å². The van der Waals surface area contributed by atoms with E-state index in [1.165, 1.54) is 11.1 Å². The van der Waals surface area contributed by atoms with Crippen molar-refractivity contribution in [3.8, 4) is 11.3 Å². The molecule has 0 fully saturated rings. The second kappa shape index (κ2) is 5.74. The van der Waals surface area contributed by atoms with E-state index in [1.54, 1.807) is 0 Å². The van der Waals surface area contributed by atoms with Gasteiger partial charge >= 0.3 is 0 Å². The van der Waals surface area contributed by atoms with Crippen LogP contribution in [0.15, 0.2) is 59.1 Å². The third-order valence-electron chi connectivity index (χ3n) is 3.48. The van der Waals surface area contributed by atoms with Gasteiger partial charge in [-0.15, -0.1) is 0 Å². The van der Waals surface area contributed by atoms with Crippen LogP contribution in [-0.4, -0.2) is 9.78 Å². The lowest BCUT2D eigenvalue weighted by atomic mass is 10.1. The summed E-state index contributed by atoms with van der Waals surface area (Å²) in [6, 6.07) is 18.3. The molecule has 2 N–H and O–H groups in total. The number of nitrogens with zero attached hydrogens (tertiary/aromatic N) is 2. The highest BCUT2D eigenvalue weighted by Crippen LogP contribution is 2.24. The summed E-state index contributed by atoms with van der Waals surface area (Å²) < 4.78 is 2.91. The van der Waals surface area contributed by atoms with Crippen LogP contribution in [0, 0.1) is 6.92 Å². The molecule has 3 rings (SSSR count). The second-order valence-electron chi connectivity index (χ2n) is 5.05. The Morgan fingerprint density at radius 3 is 2.52 bits per heavy atom. The van der Waals surface area contributed by atoms with Crippen molar-refractivity contribution in [2.75, 3.05) is 5.73 Å². The fraction of sp³-hybridized carbons (Fsp3) is 0.118. The Bertz CT molecular complexity index is 760. The van der Waals surface area contributed by atoms with Crippen LogP contribution >= 0.6 is 15.9 Å². The Balaban J connectivity index is 1.91. The molecule has 0 amide bonds. The van der Waals surface area contributed by atoms with E-state index in [0.717, 1.165) is 15.7 Å². The molecule has 4 heteroatoms. The smallest absolute Gasteiger partial charge is 0.122 e. The quantitative estimate of drug-likeness (QED) is 0.773. The van der Waals surface area contributed by atoms with Gasteiger partial charge in [0, 0.05) is 16.1 Å². The highest BCUT2D eigenvalue weighted by Gasteiger charge is 2.09. The second-order valence-corrected chi connectivity index (χ2v) is 5.97. The number of nitrogen functional groups attached to an aromatic ring is 1. The summed E-state index contributed by atoms with van der Waals surface area (Å²) in [5.41, 5.74) is 10.5. The lowest BCUT2D eigenvalue weighted by molar-refractivity contribution is 0.699. The van der Waals surface area contributed by atoms with Gasteiger partial charge in [0.15, 0.2) is 0 Å². The Kier molecular flexibility index (Phi) is 3.80. The first-order chi connectivity index (χ1) is 10.1. The molecule has 0 saturated carbocycles. The van der Waals surface area contributed by atoms with Crippen LogP contribution in [0.3, 0.4) is 0 Å². The number of anilines is 1. The first-order valence-corrected chi connectivity index (χ1v) is 7.56. The number of halogens is 1. The van der Waals surface area contributed by atoms with Crippen LogP contribution in [-0.2, 0) is 6.54 Å². The third-order valence-corrected chi connectivity index (χ3v) is 4.01. The molecule has 0 spiro atoms. The fourth-order valence-electron chi connectivity index (χ4n) is 2.31. The van der Waals surface area contributed by atoms with Crippen molar-refractivity contribution in [3.63, 3.8) is 0 Å². The first kappa shape index (κ1) is 13.9. The largest absolute Gasteiger partial charge is 0.384 e. The highest BCUT2D eigenvalue weighted by molar-refractivity contribution is 9.10. The van der Waals surface area contributed by atoms with Gasteiger partial charge in [0.05, 0.1) is 12.2 Å². The van der Waals surface area contributed by atoms with E-state index in [4.69, 9.17) is 5.73 Å². The molecule has 106 valence electrons. The molecule has 1 heterocycles. The normalized spacial score (nSPS) is 10.8. The molecule has 0 atom stereocenters. The predicted molar refractivity (Wildman–Crippen MR) is 90.1 cm³/mol. The Morgan fingerprint density at radius 1 is 1.10 bits per heavy atom. The standard InChI is InChI=1S/C17H16BrN3/c1-12-4-2-3-5-15(12)16-10-17(19)21(20-16)11-13-6-8-14(18)9-7-13/h2-10H,11,19H2,1H3. The van der Waals surface area contributed by atoms with Crippen LogP contribution < -0.4 is 5.73 Å². The summed E-state index contributed by atoms with van der Waals surface area (Å²) in [4.78, 5) is 0. The van der Waals surface area contributed by atoms with Gasteiger partial charge in [-0.2, -0.15) is 5.10 Å². The molecule has 0 aliphatic heterocycles. The van der Waals surface area contributed by atoms with Crippen molar-refractivity contribution < 1.29 is 0 Å². The van der Waals surface area contributed by atoms with Gasteiger partial charge in [0.2, 0.25) is 0 Å². The van der Waals surface area contributed by atoms with Crippen molar-refractivity contribution in [1.82, 2.24) is 9.78 Å². The predicted octanol–water partition coefficient (Wildman–Crippen LogP) is 4.25. The average Bonchev–Trinajstić information content (AvgIpc) is 2.83. The Hall–Kier alpha value is -2.07.